The van der Waals surface area contributed by atoms with Crippen LogP contribution < -0.4 is 14.8 Å². The van der Waals surface area contributed by atoms with E-state index >= 15 is 0 Å². The summed E-state index contributed by atoms with van der Waals surface area (Å²) in [6, 6.07) is 13.2. The van der Waals surface area contributed by atoms with Gasteiger partial charge in [0.25, 0.3) is 5.91 Å². The number of fused-ring (bicyclic) bond motifs is 2. The Kier molecular flexibility index (Phi) is 3.49. The standard InChI is InChI=1S/C18H15N3O3/c1-11-13-4-2-3-5-14(13)20-17(19-11)9-23-12-6-7-15-16(8-12)24-10-18(22)21-15/h2-8H,9-10H2,1H3,(H,21,22). The number of hydrogen-bond acceptors (Lipinski definition) is 5. The van der Waals surface area contributed by atoms with Gasteiger partial charge < -0.3 is 14.8 Å². The lowest BCUT2D eigenvalue weighted by Gasteiger charge is -2.18. The molecular weight excluding hydrogens is 306 g/mol. The van der Waals surface area contributed by atoms with E-state index in [1.54, 1.807) is 18.2 Å². The summed E-state index contributed by atoms with van der Waals surface area (Å²) in [4.78, 5) is 20.3. The summed E-state index contributed by atoms with van der Waals surface area (Å²) in [5, 5.41) is 3.79. The maximum Gasteiger partial charge on any atom is 0.262 e. The molecule has 6 nitrogen and oxygen atoms in total. The van der Waals surface area contributed by atoms with Crippen molar-refractivity contribution in [2.75, 3.05) is 11.9 Å². The second kappa shape index (κ2) is 5.81. The predicted molar refractivity (Wildman–Crippen MR) is 89.2 cm³/mol. The molecular formula is C18H15N3O3. The van der Waals surface area contributed by atoms with E-state index in [-0.39, 0.29) is 19.1 Å². The van der Waals surface area contributed by atoms with Crippen LogP contribution in [0, 0.1) is 6.92 Å². The van der Waals surface area contributed by atoms with Crippen molar-refractivity contribution in [1.29, 1.82) is 0 Å². The van der Waals surface area contributed by atoms with E-state index in [0.29, 0.717) is 23.0 Å². The molecule has 0 bridgehead atoms. The van der Waals surface area contributed by atoms with E-state index in [0.717, 1.165) is 16.6 Å². The van der Waals surface area contributed by atoms with Crippen LogP contribution in [0.1, 0.15) is 11.5 Å². The molecule has 0 saturated heterocycles. The van der Waals surface area contributed by atoms with Gasteiger partial charge in [-0.25, -0.2) is 9.97 Å². The first kappa shape index (κ1) is 14.4. The highest BCUT2D eigenvalue weighted by Gasteiger charge is 2.16. The number of aryl methyl sites for hydroxylation is 1. The summed E-state index contributed by atoms with van der Waals surface area (Å²) in [5.41, 5.74) is 2.48. The van der Waals surface area contributed by atoms with Gasteiger partial charge in [-0.1, -0.05) is 18.2 Å². The van der Waals surface area contributed by atoms with Gasteiger partial charge in [0.05, 0.1) is 11.2 Å². The molecule has 0 unspecified atom stereocenters. The first-order chi connectivity index (χ1) is 11.7. The zero-order chi connectivity index (χ0) is 16.5. The van der Waals surface area contributed by atoms with Crippen LogP contribution in [0.25, 0.3) is 10.9 Å². The minimum atomic E-state index is -0.156. The smallest absolute Gasteiger partial charge is 0.262 e. The quantitative estimate of drug-likeness (QED) is 0.803. The third kappa shape index (κ3) is 2.74. The topological polar surface area (TPSA) is 73.3 Å². The van der Waals surface area contributed by atoms with Gasteiger partial charge in [-0.15, -0.1) is 0 Å². The molecule has 2 aromatic carbocycles. The molecule has 4 rings (SSSR count). The number of ether oxygens (including phenoxy) is 2. The molecule has 0 fully saturated rings. The van der Waals surface area contributed by atoms with Crippen molar-refractivity contribution in [3.05, 3.63) is 54.0 Å². The molecule has 0 saturated carbocycles. The Morgan fingerprint density at radius 3 is 3.00 bits per heavy atom. The van der Waals surface area contributed by atoms with E-state index in [1.807, 2.05) is 31.2 Å². The maximum atomic E-state index is 11.3. The molecule has 1 aromatic heterocycles. The highest BCUT2D eigenvalue weighted by molar-refractivity contribution is 5.95. The van der Waals surface area contributed by atoms with Crippen molar-refractivity contribution in [2.24, 2.45) is 0 Å². The molecule has 2 heterocycles. The van der Waals surface area contributed by atoms with E-state index in [9.17, 15) is 4.79 Å². The van der Waals surface area contributed by atoms with Crippen molar-refractivity contribution in [3.8, 4) is 11.5 Å². The van der Waals surface area contributed by atoms with Gasteiger partial charge in [-0.2, -0.15) is 0 Å². The van der Waals surface area contributed by atoms with Crippen molar-refractivity contribution in [2.45, 2.75) is 13.5 Å². The number of aromatic nitrogens is 2. The summed E-state index contributed by atoms with van der Waals surface area (Å²) >= 11 is 0. The summed E-state index contributed by atoms with van der Waals surface area (Å²) in [7, 11) is 0. The number of benzene rings is 2. The van der Waals surface area contributed by atoms with Crippen LogP contribution in [-0.4, -0.2) is 22.5 Å². The predicted octanol–water partition coefficient (Wildman–Crippen LogP) is 2.85. The number of nitrogens with zero attached hydrogens (tertiary/aromatic N) is 2. The van der Waals surface area contributed by atoms with E-state index in [1.165, 1.54) is 0 Å². The van der Waals surface area contributed by atoms with E-state index in [4.69, 9.17) is 9.47 Å². The molecule has 1 aliphatic rings. The number of amides is 1. The van der Waals surface area contributed by atoms with Gasteiger partial charge in [0, 0.05) is 17.1 Å². The van der Waals surface area contributed by atoms with Gasteiger partial charge in [0.15, 0.2) is 12.4 Å². The lowest BCUT2D eigenvalue weighted by Crippen LogP contribution is -2.25. The van der Waals surface area contributed by atoms with E-state index in [2.05, 4.69) is 15.3 Å². The lowest BCUT2D eigenvalue weighted by atomic mass is 10.2. The lowest BCUT2D eigenvalue weighted by molar-refractivity contribution is -0.118. The normalized spacial score (nSPS) is 13.1. The Morgan fingerprint density at radius 2 is 2.08 bits per heavy atom. The third-order valence-electron chi connectivity index (χ3n) is 3.79. The maximum absolute atomic E-state index is 11.3. The van der Waals surface area contributed by atoms with Crippen LogP contribution in [0.15, 0.2) is 42.5 Å². The second-order valence-corrected chi connectivity index (χ2v) is 5.53. The van der Waals surface area contributed by atoms with Crippen molar-refractivity contribution in [1.82, 2.24) is 9.97 Å². The number of anilines is 1. The SMILES string of the molecule is Cc1nc(COc2ccc3c(c2)OCC(=O)N3)nc2ccccc12. The highest BCUT2D eigenvalue weighted by Crippen LogP contribution is 2.31. The molecule has 120 valence electrons. The summed E-state index contributed by atoms with van der Waals surface area (Å²) in [6.07, 6.45) is 0. The summed E-state index contributed by atoms with van der Waals surface area (Å²) in [5.74, 6) is 1.70. The number of carbonyl (C=O) groups is 1. The molecule has 0 spiro atoms. The van der Waals surface area contributed by atoms with Gasteiger partial charge in [0.1, 0.15) is 18.1 Å². The third-order valence-corrected chi connectivity index (χ3v) is 3.79. The number of hydrogen-bond donors (Lipinski definition) is 1. The molecule has 1 aliphatic heterocycles. The van der Waals surface area contributed by atoms with Gasteiger partial charge in [0.2, 0.25) is 0 Å². The Morgan fingerprint density at radius 1 is 1.21 bits per heavy atom. The largest absolute Gasteiger partial charge is 0.485 e. The molecule has 1 amide bonds. The molecule has 24 heavy (non-hydrogen) atoms. The Bertz CT molecular complexity index is 940. The Balaban J connectivity index is 1.54. The summed E-state index contributed by atoms with van der Waals surface area (Å²) < 4.78 is 11.2. The van der Waals surface area contributed by atoms with E-state index < -0.39 is 0 Å². The van der Waals surface area contributed by atoms with Gasteiger partial charge in [-0.3, -0.25) is 4.79 Å². The highest BCUT2D eigenvalue weighted by atomic mass is 16.5. The van der Waals surface area contributed by atoms with Crippen molar-refractivity contribution >= 4 is 22.5 Å². The molecule has 6 heteroatoms. The minimum absolute atomic E-state index is 0.0173. The Hall–Kier alpha value is -3.15. The first-order valence-electron chi connectivity index (χ1n) is 7.61. The van der Waals surface area contributed by atoms with Crippen LogP contribution in [-0.2, 0) is 11.4 Å². The average Bonchev–Trinajstić information content (AvgIpc) is 2.60. The minimum Gasteiger partial charge on any atom is -0.485 e. The second-order valence-electron chi connectivity index (χ2n) is 5.53. The molecule has 0 radical (unpaired) electrons. The number of nitrogens with one attached hydrogen (secondary N) is 1. The fraction of sp³-hybridized carbons (Fsp3) is 0.167. The Labute approximate surface area is 138 Å². The van der Waals surface area contributed by atoms with Crippen LogP contribution in [0.4, 0.5) is 5.69 Å². The zero-order valence-corrected chi connectivity index (χ0v) is 13.1. The average molecular weight is 321 g/mol. The fourth-order valence-corrected chi connectivity index (χ4v) is 2.65. The number of para-hydroxylation sites is 1. The van der Waals surface area contributed by atoms with Gasteiger partial charge >= 0.3 is 0 Å². The van der Waals surface area contributed by atoms with Crippen molar-refractivity contribution < 1.29 is 14.3 Å². The number of rotatable bonds is 3. The molecule has 0 aliphatic carbocycles. The van der Waals surface area contributed by atoms with Crippen LogP contribution >= 0.6 is 0 Å². The van der Waals surface area contributed by atoms with Crippen LogP contribution in [0.3, 0.4) is 0 Å². The van der Waals surface area contributed by atoms with Crippen molar-refractivity contribution in [3.63, 3.8) is 0 Å². The number of carbonyl (C=O) groups excluding carboxylic acids is 1. The molecule has 3 aromatic rings. The zero-order valence-electron chi connectivity index (χ0n) is 13.1. The summed E-state index contributed by atoms with van der Waals surface area (Å²) in [6.45, 7) is 2.24. The first-order valence-corrected chi connectivity index (χ1v) is 7.61. The van der Waals surface area contributed by atoms with Crippen LogP contribution in [0.2, 0.25) is 0 Å². The van der Waals surface area contributed by atoms with Crippen LogP contribution in [0.5, 0.6) is 11.5 Å². The van der Waals surface area contributed by atoms with Gasteiger partial charge in [-0.05, 0) is 25.1 Å². The molecule has 1 N–H and O–H groups in total. The fourth-order valence-electron chi connectivity index (χ4n) is 2.65. The molecule has 0 atom stereocenters. The monoisotopic (exact) mass is 321 g/mol.